The number of allylic oxidation sites excluding steroid dienone is 2. The third-order valence-corrected chi connectivity index (χ3v) is 7.66. The predicted molar refractivity (Wildman–Crippen MR) is 167 cm³/mol. The van der Waals surface area contributed by atoms with Crippen LogP contribution in [0.4, 0.5) is 11.5 Å². The molecule has 0 unspecified atom stereocenters. The number of aromatic nitrogens is 2. The molecule has 2 N–H and O–H groups in total. The molecule has 3 aromatic rings. The van der Waals surface area contributed by atoms with Crippen LogP contribution in [0.1, 0.15) is 44.2 Å². The van der Waals surface area contributed by atoms with Gasteiger partial charge in [-0.1, -0.05) is 48.4 Å². The molecule has 210 valence electrons. The summed E-state index contributed by atoms with van der Waals surface area (Å²) >= 11 is 6.17. The highest BCUT2D eigenvalue weighted by Crippen LogP contribution is 2.34. The predicted octanol–water partition coefficient (Wildman–Crippen LogP) is 6.88. The van der Waals surface area contributed by atoms with E-state index < -0.39 is 0 Å². The van der Waals surface area contributed by atoms with E-state index in [2.05, 4.69) is 24.2 Å². The molecule has 1 aliphatic rings. The molecule has 7 nitrogen and oxygen atoms in total. The fourth-order valence-electron chi connectivity index (χ4n) is 4.63. The van der Waals surface area contributed by atoms with E-state index in [0.29, 0.717) is 33.9 Å². The van der Waals surface area contributed by atoms with Crippen molar-refractivity contribution in [2.75, 3.05) is 37.9 Å². The molecule has 40 heavy (non-hydrogen) atoms. The quantitative estimate of drug-likeness (QED) is 0.199. The van der Waals surface area contributed by atoms with Crippen LogP contribution in [0.3, 0.4) is 0 Å². The largest absolute Gasteiger partial charge is 0.372 e. The van der Waals surface area contributed by atoms with Crippen molar-refractivity contribution < 1.29 is 4.79 Å². The molecule has 1 fully saturated rings. The van der Waals surface area contributed by atoms with E-state index in [1.165, 1.54) is 12.8 Å². The van der Waals surface area contributed by atoms with Crippen LogP contribution in [0.15, 0.2) is 66.3 Å². The van der Waals surface area contributed by atoms with Gasteiger partial charge in [0.15, 0.2) is 0 Å². The normalized spacial score (nSPS) is 13.8. The minimum Gasteiger partial charge on any atom is -0.372 e. The molecule has 1 saturated carbocycles. The molecule has 0 aliphatic heterocycles. The van der Waals surface area contributed by atoms with E-state index >= 15 is 0 Å². The van der Waals surface area contributed by atoms with E-state index in [9.17, 15) is 4.79 Å². The number of anilines is 2. The average Bonchev–Trinajstić information content (AvgIpc) is 3.73. The first-order valence-electron chi connectivity index (χ1n) is 13.7. The van der Waals surface area contributed by atoms with Gasteiger partial charge in [-0.25, -0.2) is 4.68 Å². The molecule has 1 heterocycles. The van der Waals surface area contributed by atoms with Crippen LogP contribution in [0.5, 0.6) is 0 Å². The Morgan fingerprint density at radius 2 is 1.90 bits per heavy atom. The minimum atomic E-state index is -0.0803. The lowest BCUT2D eigenvalue weighted by Gasteiger charge is -2.20. The first kappa shape index (κ1) is 29.3. The summed E-state index contributed by atoms with van der Waals surface area (Å²) in [5, 5.41) is 17.9. The van der Waals surface area contributed by atoms with E-state index in [0.717, 1.165) is 41.0 Å². The summed E-state index contributed by atoms with van der Waals surface area (Å²) in [6.45, 7) is 6.86. The van der Waals surface area contributed by atoms with Crippen molar-refractivity contribution in [2.24, 2.45) is 0 Å². The lowest BCUT2D eigenvalue weighted by molar-refractivity contribution is -0.113. The summed E-state index contributed by atoms with van der Waals surface area (Å²) in [5.41, 5.74) is 6.29. The average molecular weight is 559 g/mol. The Morgan fingerprint density at radius 1 is 1.20 bits per heavy atom. The topological polar surface area (TPSA) is 77.2 Å². The molecule has 0 spiro atoms. The number of rotatable bonds is 11. The third kappa shape index (κ3) is 6.54. The molecule has 0 saturated heterocycles. The minimum absolute atomic E-state index is 0.0803. The van der Waals surface area contributed by atoms with E-state index in [4.69, 9.17) is 22.1 Å². The Bertz CT molecular complexity index is 1450. The standard InChI is InChI=1S/C32H39ClN6O/c1-7-21(2)19-27(34)30-31(23-11-13-24(33)14-12-23)36-39(32(30)35-4)26-15-10-22(3)28(20-26)38(6)29(40)9-8-18-37(5)25-16-17-25/h8-15,19-20,25,34-35H,7,16-18H2,1-6H3/b9-8?,21-19+,34-27?. The Balaban J connectivity index is 1.75. The van der Waals surface area contributed by atoms with Crippen LogP contribution < -0.4 is 10.2 Å². The summed E-state index contributed by atoms with van der Waals surface area (Å²) in [6, 6.07) is 14.1. The zero-order valence-electron chi connectivity index (χ0n) is 24.3. The van der Waals surface area contributed by atoms with Crippen LogP contribution in [0, 0.1) is 12.3 Å². The first-order chi connectivity index (χ1) is 19.1. The fourth-order valence-corrected chi connectivity index (χ4v) is 4.75. The molecule has 8 heteroatoms. The molecule has 2 aromatic carbocycles. The highest BCUT2D eigenvalue weighted by molar-refractivity contribution is 6.30. The Labute approximate surface area is 242 Å². The fraction of sp³-hybridized carbons (Fsp3) is 0.344. The maximum atomic E-state index is 13.1. The summed E-state index contributed by atoms with van der Waals surface area (Å²) in [5.74, 6) is 0.616. The van der Waals surface area contributed by atoms with Crippen molar-refractivity contribution in [1.29, 1.82) is 5.41 Å². The second-order valence-electron chi connectivity index (χ2n) is 10.4. The number of halogens is 1. The maximum absolute atomic E-state index is 13.1. The van der Waals surface area contributed by atoms with Crippen molar-refractivity contribution >= 4 is 34.7 Å². The molecule has 0 bridgehead atoms. The van der Waals surface area contributed by atoms with Crippen molar-refractivity contribution in [1.82, 2.24) is 14.7 Å². The van der Waals surface area contributed by atoms with Gasteiger partial charge in [-0.3, -0.25) is 9.69 Å². The third-order valence-electron chi connectivity index (χ3n) is 7.41. The van der Waals surface area contributed by atoms with E-state index in [-0.39, 0.29) is 5.91 Å². The monoisotopic (exact) mass is 558 g/mol. The van der Waals surface area contributed by atoms with E-state index in [1.54, 1.807) is 18.0 Å². The molecule has 0 atom stereocenters. The van der Waals surface area contributed by atoms with Crippen molar-refractivity contribution in [2.45, 2.75) is 46.1 Å². The zero-order valence-corrected chi connectivity index (χ0v) is 25.0. The number of nitrogens with zero attached hydrogens (tertiary/aromatic N) is 4. The Morgan fingerprint density at radius 3 is 2.52 bits per heavy atom. The van der Waals surface area contributed by atoms with Crippen molar-refractivity contribution in [3.8, 4) is 16.9 Å². The lowest BCUT2D eigenvalue weighted by Crippen LogP contribution is -2.26. The van der Waals surface area contributed by atoms with Gasteiger partial charge in [0.05, 0.1) is 17.0 Å². The van der Waals surface area contributed by atoms with Crippen molar-refractivity contribution in [3.63, 3.8) is 0 Å². The second-order valence-corrected chi connectivity index (χ2v) is 10.9. The van der Waals surface area contributed by atoms with Crippen LogP contribution >= 0.6 is 11.6 Å². The molecule has 0 radical (unpaired) electrons. The van der Waals surface area contributed by atoms with Gasteiger partial charge < -0.3 is 15.6 Å². The molecular formula is C32H39ClN6O. The number of hydrogen-bond donors (Lipinski definition) is 2. The highest BCUT2D eigenvalue weighted by atomic mass is 35.5. The van der Waals surface area contributed by atoms with Gasteiger partial charge in [0.25, 0.3) is 0 Å². The molecule has 1 aliphatic carbocycles. The molecule has 1 amide bonds. The summed E-state index contributed by atoms with van der Waals surface area (Å²) in [6.07, 6.45) is 8.81. The second kappa shape index (κ2) is 12.7. The smallest absolute Gasteiger partial charge is 0.250 e. The number of nitrogens with one attached hydrogen (secondary N) is 2. The number of amides is 1. The maximum Gasteiger partial charge on any atom is 0.250 e. The van der Waals surface area contributed by atoms with Gasteiger partial charge in [-0.15, -0.1) is 0 Å². The molecular weight excluding hydrogens is 520 g/mol. The van der Waals surface area contributed by atoms with Crippen molar-refractivity contribution in [3.05, 3.63) is 82.4 Å². The van der Waals surface area contributed by atoms with Gasteiger partial charge in [0.1, 0.15) is 11.5 Å². The number of carbonyl (C=O) groups is 1. The molecule has 4 rings (SSSR count). The first-order valence-corrected chi connectivity index (χ1v) is 14.1. The summed E-state index contributed by atoms with van der Waals surface area (Å²) < 4.78 is 1.81. The van der Waals surface area contributed by atoms with E-state index in [1.807, 2.05) is 80.2 Å². The van der Waals surface area contributed by atoms with Gasteiger partial charge in [-0.2, -0.15) is 5.10 Å². The number of aryl methyl sites for hydroxylation is 1. The SMILES string of the molecule is CC/C(C)=C/C(=N)c1c(-c2ccc(Cl)cc2)nn(-c2ccc(C)c(N(C)C(=O)C=CCN(C)C3CC3)c2)c1NC. The zero-order chi connectivity index (χ0) is 29.0. The van der Waals surface area contributed by atoms with Gasteiger partial charge in [-0.05, 0) is 76.1 Å². The Kier molecular flexibility index (Phi) is 9.28. The number of hydrogen-bond acceptors (Lipinski definition) is 5. The summed E-state index contributed by atoms with van der Waals surface area (Å²) in [4.78, 5) is 17.0. The van der Waals surface area contributed by atoms with Crippen LogP contribution in [0.25, 0.3) is 16.9 Å². The van der Waals surface area contributed by atoms with Crippen LogP contribution in [-0.4, -0.2) is 60.0 Å². The number of carbonyl (C=O) groups excluding carboxylic acids is 1. The number of likely N-dealkylation sites (N-methyl/N-ethyl adjacent to an activating group) is 2. The van der Waals surface area contributed by atoms with Gasteiger partial charge in [0, 0.05) is 49.0 Å². The lowest BCUT2D eigenvalue weighted by atomic mass is 10.0. The highest BCUT2D eigenvalue weighted by Gasteiger charge is 2.25. The summed E-state index contributed by atoms with van der Waals surface area (Å²) in [7, 11) is 5.73. The van der Waals surface area contributed by atoms with Crippen LogP contribution in [0.2, 0.25) is 5.02 Å². The van der Waals surface area contributed by atoms with Crippen LogP contribution in [-0.2, 0) is 4.79 Å². The van der Waals surface area contributed by atoms with Gasteiger partial charge >= 0.3 is 0 Å². The Hall–Kier alpha value is -3.68. The number of benzene rings is 2. The van der Waals surface area contributed by atoms with Gasteiger partial charge in [0.2, 0.25) is 5.91 Å². The molecule has 1 aromatic heterocycles.